The SMILES string of the molecule is Cc1nccc2c1[nH]c1ccccc12.Cl. The van der Waals surface area contributed by atoms with Crippen molar-refractivity contribution in [1.29, 1.82) is 0 Å². The molecule has 76 valence electrons. The van der Waals surface area contributed by atoms with E-state index < -0.39 is 0 Å². The van der Waals surface area contributed by atoms with Gasteiger partial charge in [-0.05, 0) is 19.1 Å². The van der Waals surface area contributed by atoms with E-state index in [1.807, 2.05) is 19.2 Å². The molecule has 0 bridgehead atoms. The molecule has 0 unspecified atom stereocenters. The molecule has 0 aliphatic heterocycles. The minimum atomic E-state index is 0. The van der Waals surface area contributed by atoms with Crippen molar-refractivity contribution in [2.75, 3.05) is 0 Å². The van der Waals surface area contributed by atoms with E-state index in [1.165, 1.54) is 16.3 Å². The van der Waals surface area contributed by atoms with Gasteiger partial charge in [-0.25, -0.2) is 0 Å². The molecule has 0 aliphatic rings. The monoisotopic (exact) mass is 218 g/mol. The minimum absolute atomic E-state index is 0. The first-order valence-corrected chi connectivity index (χ1v) is 4.68. The van der Waals surface area contributed by atoms with Gasteiger partial charge in [0, 0.05) is 22.5 Å². The molecule has 1 N–H and O–H groups in total. The molecule has 0 spiro atoms. The molecule has 0 saturated carbocycles. The maximum Gasteiger partial charge on any atom is 0.0681 e. The highest BCUT2D eigenvalue weighted by atomic mass is 35.5. The van der Waals surface area contributed by atoms with Crippen LogP contribution in [0.3, 0.4) is 0 Å². The second-order valence-corrected chi connectivity index (χ2v) is 3.49. The molecule has 1 aromatic carbocycles. The minimum Gasteiger partial charge on any atom is -0.353 e. The molecule has 2 heterocycles. The number of halogens is 1. The van der Waals surface area contributed by atoms with Crippen LogP contribution < -0.4 is 0 Å². The summed E-state index contributed by atoms with van der Waals surface area (Å²) in [6, 6.07) is 10.4. The summed E-state index contributed by atoms with van der Waals surface area (Å²) < 4.78 is 0. The van der Waals surface area contributed by atoms with Crippen LogP contribution in [0.1, 0.15) is 5.69 Å². The number of hydrogen-bond acceptors (Lipinski definition) is 1. The van der Waals surface area contributed by atoms with Gasteiger partial charge < -0.3 is 4.98 Å². The number of hydrogen-bond donors (Lipinski definition) is 1. The second kappa shape index (κ2) is 3.55. The second-order valence-electron chi connectivity index (χ2n) is 3.49. The number of nitrogens with one attached hydrogen (secondary N) is 1. The first-order chi connectivity index (χ1) is 6.86. The summed E-state index contributed by atoms with van der Waals surface area (Å²) in [7, 11) is 0. The van der Waals surface area contributed by atoms with E-state index in [0.29, 0.717) is 0 Å². The lowest BCUT2D eigenvalue weighted by Gasteiger charge is -1.92. The summed E-state index contributed by atoms with van der Waals surface area (Å²) in [5.74, 6) is 0. The van der Waals surface area contributed by atoms with Gasteiger partial charge in [0.2, 0.25) is 0 Å². The van der Waals surface area contributed by atoms with Crippen LogP contribution in [0, 0.1) is 6.92 Å². The molecule has 3 aromatic rings. The van der Waals surface area contributed by atoms with Crippen LogP contribution in [0.5, 0.6) is 0 Å². The van der Waals surface area contributed by atoms with Crippen molar-refractivity contribution in [3.05, 3.63) is 42.2 Å². The lowest BCUT2D eigenvalue weighted by atomic mass is 10.2. The molecule has 0 saturated heterocycles. The molecule has 2 aromatic heterocycles. The Morgan fingerprint density at radius 2 is 1.87 bits per heavy atom. The standard InChI is InChI=1S/C12H10N2.ClH/c1-8-12-10(6-7-13-8)9-4-2-3-5-11(9)14-12;/h2-7,14H,1H3;1H. The third kappa shape index (κ3) is 1.38. The third-order valence-electron chi connectivity index (χ3n) is 2.62. The number of pyridine rings is 1. The summed E-state index contributed by atoms with van der Waals surface area (Å²) in [5, 5.41) is 2.53. The molecule has 15 heavy (non-hydrogen) atoms. The van der Waals surface area contributed by atoms with E-state index in [0.717, 1.165) is 11.2 Å². The van der Waals surface area contributed by atoms with E-state index in [1.54, 1.807) is 0 Å². The Morgan fingerprint density at radius 1 is 1.07 bits per heavy atom. The normalized spacial score (nSPS) is 10.5. The Hall–Kier alpha value is -1.54. The molecule has 0 atom stereocenters. The van der Waals surface area contributed by atoms with Crippen LogP contribution in [0.15, 0.2) is 36.5 Å². The van der Waals surface area contributed by atoms with Crippen molar-refractivity contribution >= 4 is 34.2 Å². The summed E-state index contributed by atoms with van der Waals surface area (Å²) in [5.41, 5.74) is 3.38. The number of rotatable bonds is 0. The number of benzene rings is 1. The first kappa shape index (κ1) is 9.99. The van der Waals surface area contributed by atoms with Gasteiger partial charge in [0.1, 0.15) is 0 Å². The van der Waals surface area contributed by atoms with Gasteiger partial charge in [-0.15, -0.1) is 12.4 Å². The molecule has 3 heteroatoms. The highest BCUT2D eigenvalue weighted by Gasteiger charge is 2.04. The van der Waals surface area contributed by atoms with Crippen LogP contribution in [0.2, 0.25) is 0 Å². The number of fused-ring (bicyclic) bond motifs is 3. The Morgan fingerprint density at radius 3 is 2.73 bits per heavy atom. The van der Waals surface area contributed by atoms with Gasteiger partial charge >= 0.3 is 0 Å². The fraction of sp³-hybridized carbons (Fsp3) is 0.0833. The summed E-state index contributed by atoms with van der Waals surface area (Å²) >= 11 is 0. The van der Waals surface area contributed by atoms with Crippen LogP contribution in [-0.4, -0.2) is 9.97 Å². The zero-order chi connectivity index (χ0) is 9.54. The lowest BCUT2D eigenvalue weighted by Crippen LogP contribution is -1.79. The summed E-state index contributed by atoms with van der Waals surface area (Å²) in [4.78, 5) is 7.66. The fourth-order valence-electron chi connectivity index (χ4n) is 1.91. The van der Waals surface area contributed by atoms with E-state index >= 15 is 0 Å². The van der Waals surface area contributed by atoms with Gasteiger partial charge in [-0.1, -0.05) is 18.2 Å². The van der Waals surface area contributed by atoms with Crippen molar-refractivity contribution in [2.45, 2.75) is 6.92 Å². The van der Waals surface area contributed by atoms with E-state index in [-0.39, 0.29) is 12.4 Å². The number of H-pyrrole nitrogens is 1. The molecular formula is C12H11ClN2. The van der Waals surface area contributed by atoms with Crippen LogP contribution in [0.4, 0.5) is 0 Å². The molecule has 0 aliphatic carbocycles. The van der Waals surface area contributed by atoms with Crippen LogP contribution in [-0.2, 0) is 0 Å². The van der Waals surface area contributed by atoms with Crippen LogP contribution in [0.25, 0.3) is 21.8 Å². The first-order valence-electron chi connectivity index (χ1n) is 4.68. The summed E-state index contributed by atoms with van der Waals surface area (Å²) in [6.07, 6.45) is 1.86. The van der Waals surface area contributed by atoms with Gasteiger partial charge in [0.25, 0.3) is 0 Å². The fourth-order valence-corrected chi connectivity index (χ4v) is 1.91. The predicted molar refractivity (Wildman–Crippen MR) is 65.6 cm³/mol. The number of aromatic amines is 1. The third-order valence-corrected chi connectivity index (χ3v) is 2.62. The Kier molecular flexibility index (Phi) is 2.37. The van der Waals surface area contributed by atoms with Gasteiger partial charge in [-0.2, -0.15) is 0 Å². The van der Waals surface area contributed by atoms with Crippen molar-refractivity contribution in [1.82, 2.24) is 9.97 Å². The van der Waals surface area contributed by atoms with E-state index in [2.05, 4.69) is 34.2 Å². The van der Waals surface area contributed by atoms with Gasteiger partial charge in [0.15, 0.2) is 0 Å². The number of para-hydroxylation sites is 1. The lowest BCUT2D eigenvalue weighted by molar-refractivity contribution is 1.22. The predicted octanol–water partition coefficient (Wildman–Crippen LogP) is 3.45. The quantitative estimate of drug-likeness (QED) is 0.615. The Balaban J connectivity index is 0.000000853. The highest BCUT2D eigenvalue weighted by Crippen LogP contribution is 2.25. The van der Waals surface area contributed by atoms with Gasteiger partial charge in [0.05, 0.1) is 11.2 Å². The zero-order valence-electron chi connectivity index (χ0n) is 8.32. The van der Waals surface area contributed by atoms with Crippen molar-refractivity contribution in [3.8, 4) is 0 Å². The Bertz CT molecular complexity index is 613. The van der Waals surface area contributed by atoms with Crippen molar-refractivity contribution in [3.63, 3.8) is 0 Å². The molecular weight excluding hydrogens is 208 g/mol. The average molecular weight is 219 g/mol. The molecule has 2 nitrogen and oxygen atoms in total. The molecule has 3 rings (SSSR count). The average Bonchev–Trinajstić information content (AvgIpc) is 2.59. The maximum atomic E-state index is 4.27. The number of aromatic nitrogens is 2. The van der Waals surface area contributed by atoms with E-state index in [9.17, 15) is 0 Å². The van der Waals surface area contributed by atoms with E-state index in [4.69, 9.17) is 0 Å². The van der Waals surface area contributed by atoms with Crippen molar-refractivity contribution in [2.24, 2.45) is 0 Å². The van der Waals surface area contributed by atoms with Crippen LogP contribution >= 0.6 is 12.4 Å². The largest absolute Gasteiger partial charge is 0.353 e. The van der Waals surface area contributed by atoms with Crippen molar-refractivity contribution < 1.29 is 0 Å². The topological polar surface area (TPSA) is 28.7 Å². The maximum absolute atomic E-state index is 4.27. The Labute approximate surface area is 93.7 Å². The molecule has 0 amide bonds. The smallest absolute Gasteiger partial charge is 0.0681 e. The van der Waals surface area contributed by atoms with Gasteiger partial charge in [-0.3, -0.25) is 4.98 Å². The number of aryl methyl sites for hydroxylation is 1. The molecule has 0 fully saturated rings. The number of nitrogens with zero attached hydrogens (tertiary/aromatic N) is 1. The molecule has 0 radical (unpaired) electrons. The zero-order valence-corrected chi connectivity index (χ0v) is 9.14. The summed E-state index contributed by atoms with van der Waals surface area (Å²) in [6.45, 7) is 2.03. The highest BCUT2D eigenvalue weighted by molar-refractivity contribution is 6.07.